The second kappa shape index (κ2) is 5.67. The fraction of sp³-hybridized carbons (Fsp3) is 0.286. The van der Waals surface area contributed by atoms with E-state index in [1.807, 2.05) is 6.07 Å². The fourth-order valence-electron chi connectivity index (χ4n) is 2.01. The zero-order valence-electron chi connectivity index (χ0n) is 10.8. The van der Waals surface area contributed by atoms with Gasteiger partial charge in [0.25, 0.3) is 11.7 Å². The van der Waals surface area contributed by atoms with Crippen molar-refractivity contribution in [3.05, 3.63) is 36.4 Å². The van der Waals surface area contributed by atoms with Crippen molar-refractivity contribution in [1.29, 1.82) is 0 Å². The molecule has 0 atom stereocenters. The minimum absolute atomic E-state index is 0.430. The van der Waals surface area contributed by atoms with E-state index in [2.05, 4.69) is 16.8 Å². The smallest absolute Gasteiger partial charge is 0.296 e. The number of hydrogen-bond acceptors (Lipinski definition) is 4. The van der Waals surface area contributed by atoms with E-state index < -0.39 is 11.7 Å². The van der Waals surface area contributed by atoms with Gasteiger partial charge in [0.15, 0.2) is 0 Å². The van der Waals surface area contributed by atoms with Crippen LogP contribution in [-0.2, 0) is 9.53 Å². The van der Waals surface area contributed by atoms with Gasteiger partial charge in [0.1, 0.15) is 0 Å². The summed E-state index contributed by atoms with van der Waals surface area (Å²) in [4.78, 5) is 24.9. The van der Waals surface area contributed by atoms with Crippen LogP contribution < -0.4 is 10.2 Å². The van der Waals surface area contributed by atoms with Crippen LogP contribution in [0.25, 0.3) is 0 Å². The van der Waals surface area contributed by atoms with Gasteiger partial charge in [0.05, 0.1) is 17.9 Å². The Hall–Kier alpha value is -2.14. The maximum absolute atomic E-state index is 11.5. The van der Waals surface area contributed by atoms with Gasteiger partial charge in [0, 0.05) is 25.9 Å². The number of methoxy groups -OCH3 is 1. The van der Waals surface area contributed by atoms with Gasteiger partial charge in [-0.25, -0.2) is 0 Å². The molecule has 0 unspecified atom stereocenters. The third kappa shape index (κ3) is 2.66. The Bertz CT molecular complexity index is 525. The van der Waals surface area contributed by atoms with Gasteiger partial charge in [-0.1, -0.05) is 6.08 Å². The lowest BCUT2D eigenvalue weighted by Gasteiger charge is -2.23. The van der Waals surface area contributed by atoms with E-state index in [1.165, 1.54) is 0 Å². The number of anilines is 2. The minimum atomic E-state index is -0.570. The number of ketones is 1. The van der Waals surface area contributed by atoms with E-state index in [4.69, 9.17) is 4.74 Å². The predicted molar refractivity (Wildman–Crippen MR) is 73.7 cm³/mol. The van der Waals surface area contributed by atoms with Crippen LogP contribution in [0.1, 0.15) is 10.4 Å². The first-order valence-electron chi connectivity index (χ1n) is 6.02. The monoisotopic (exact) mass is 260 g/mol. The number of hydrogen-bond donors (Lipinski definition) is 1. The summed E-state index contributed by atoms with van der Waals surface area (Å²) in [7, 11) is 1.65. The van der Waals surface area contributed by atoms with E-state index in [-0.39, 0.29) is 0 Å². The molecule has 5 nitrogen and oxygen atoms in total. The van der Waals surface area contributed by atoms with Crippen molar-refractivity contribution in [3.63, 3.8) is 0 Å². The Kier molecular flexibility index (Phi) is 3.97. The summed E-state index contributed by atoms with van der Waals surface area (Å²) in [5, 5.41) is 2.57. The van der Waals surface area contributed by atoms with Gasteiger partial charge < -0.3 is 15.0 Å². The van der Waals surface area contributed by atoms with Gasteiger partial charge in [-0.15, -0.1) is 6.58 Å². The Morgan fingerprint density at radius 1 is 1.42 bits per heavy atom. The van der Waals surface area contributed by atoms with Crippen molar-refractivity contribution in [2.45, 2.75) is 0 Å². The molecule has 2 rings (SSSR count). The molecule has 5 heteroatoms. The maximum Gasteiger partial charge on any atom is 0.296 e. The first kappa shape index (κ1) is 13.3. The molecule has 1 aromatic rings. The quantitative estimate of drug-likeness (QED) is 0.621. The molecule has 1 heterocycles. The first-order chi connectivity index (χ1) is 9.17. The lowest BCUT2D eigenvalue weighted by atomic mass is 10.1. The molecule has 0 saturated carbocycles. The normalized spacial score (nSPS) is 13.1. The Morgan fingerprint density at radius 3 is 2.89 bits per heavy atom. The van der Waals surface area contributed by atoms with Crippen LogP contribution >= 0.6 is 0 Å². The molecule has 0 aromatic heterocycles. The molecule has 1 aliphatic rings. The van der Waals surface area contributed by atoms with Gasteiger partial charge in [-0.3, -0.25) is 9.59 Å². The largest absolute Gasteiger partial charge is 0.383 e. The van der Waals surface area contributed by atoms with E-state index in [0.29, 0.717) is 30.9 Å². The van der Waals surface area contributed by atoms with E-state index in [1.54, 1.807) is 25.3 Å². The number of nitrogens with one attached hydrogen (secondary N) is 1. The summed E-state index contributed by atoms with van der Waals surface area (Å²) in [6, 6.07) is 5.31. The van der Waals surface area contributed by atoms with Crippen molar-refractivity contribution in [3.8, 4) is 0 Å². The molecule has 1 N–H and O–H groups in total. The lowest BCUT2D eigenvalue weighted by molar-refractivity contribution is -0.112. The van der Waals surface area contributed by atoms with Crippen LogP contribution in [0.3, 0.4) is 0 Å². The second-order valence-corrected chi connectivity index (χ2v) is 4.24. The highest BCUT2D eigenvalue weighted by Gasteiger charge is 2.28. The third-order valence-electron chi connectivity index (χ3n) is 2.98. The van der Waals surface area contributed by atoms with Crippen LogP contribution in [0.4, 0.5) is 11.4 Å². The summed E-state index contributed by atoms with van der Waals surface area (Å²) < 4.78 is 5.07. The van der Waals surface area contributed by atoms with Gasteiger partial charge >= 0.3 is 0 Å². The molecule has 0 fully saturated rings. The Labute approximate surface area is 111 Å². The van der Waals surface area contributed by atoms with Crippen LogP contribution in [0.5, 0.6) is 0 Å². The highest BCUT2D eigenvalue weighted by atomic mass is 16.5. The minimum Gasteiger partial charge on any atom is -0.383 e. The van der Waals surface area contributed by atoms with Crippen LogP contribution in [0.15, 0.2) is 30.9 Å². The number of ether oxygens (including phenoxy) is 1. The van der Waals surface area contributed by atoms with Gasteiger partial charge in [-0.2, -0.15) is 0 Å². The number of Topliss-reactive ketones (excluding diaryl/α,β-unsaturated/α-hetero) is 1. The average Bonchev–Trinajstić information content (AvgIpc) is 2.69. The van der Waals surface area contributed by atoms with E-state index in [0.717, 1.165) is 5.69 Å². The van der Waals surface area contributed by atoms with Crippen LogP contribution in [-0.4, -0.2) is 38.5 Å². The molecule has 19 heavy (non-hydrogen) atoms. The molecule has 1 aromatic carbocycles. The number of rotatable bonds is 6. The summed E-state index contributed by atoms with van der Waals surface area (Å²) in [5.74, 6) is -1.05. The molecule has 0 spiro atoms. The van der Waals surface area contributed by atoms with E-state index in [9.17, 15) is 9.59 Å². The number of fused-ring (bicyclic) bond motifs is 1. The van der Waals surface area contributed by atoms with Crippen molar-refractivity contribution < 1.29 is 14.3 Å². The van der Waals surface area contributed by atoms with Crippen molar-refractivity contribution in [2.75, 3.05) is 37.0 Å². The van der Waals surface area contributed by atoms with Crippen molar-refractivity contribution in [1.82, 2.24) is 0 Å². The van der Waals surface area contributed by atoms with Crippen LogP contribution in [0.2, 0.25) is 0 Å². The Balaban J connectivity index is 2.25. The first-order valence-corrected chi connectivity index (χ1v) is 6.02. The summed E-state index contributed by atoms with van der Waals surface area (Å²) >= 11 is 0. The number of nitrogens with zero attached hydrogens (tertiary/aromatic N) is 1. The van der Waals surface area contributed by atoms with E-state index >= 15 is 0 Å². The van der Waals surface area contributed by atoms with Crippen LogP contribution in [0, 0.1) is 0 Å². The molecule has 100 valence electrons. The number of benzene rings is 1. The lowest BCUT2D eigenvalue weighted by Crippen LogP contribution is -2.27. The zero-order chi connectivity index (χ0) is 13.8. The molecule has 0 aliphatic carbocycles. The number of carbonyl (C=O) groups is 2. The zero-order valence-corrected chi connectivity index (χ0v) is 10.8. The summed E-state index contributed by atoms with van der Waals surface area (Å²) in [6.07, 6.45) is 1.80. The van der Waals surface area contributed by atoms with Gasteiger partial charge in [-0.05, 0) is 18.2 Å². The second-order valence-electron chi connectivity index (χ2n) is 4.24. The third-order valence-corrected chi connectivity index (χ3v) is 2.98. The summed E-state index contributed by atoms with van der Waals surface area (Å²) in [6.45, 7) is 5.70. The molecule has 1 amide bonds. The maximum atomic E-state index is 11.5. The van der Waals surface area contributed by atoms with Gasteiger partial charge in [0.2, 0.25) is 0 Å². The fourth-order valence-corrected chi connectivity index (χ4v) is 2.01. The SMILES string of the molecule is C=CCN(CCOC)c1ccc2c(c1)NC(=O)C2=O. The highest BCUT2D eigenvalue weighted by molar-refractivity contribution is 6.51. The molecular formula is C14H16N2O3. The molecule has 0 bridgehead atoms. The highest BCUT2D eigenvalue weighted by Crippen LogP contribution is 2.28. The molecular weight excluding hydrogens is 244 g/mol. The predicted octanol–water partition coefficient (Wildman–Crippen LogP) is 1.46. The Morgan fingerprint density at radius 2 is 2.21 bits per heavy atom. The molecule has 0 saturated heterocycles. The summed E-state index contributed by atoms with van der Waals surface area (Å²) in [5.41, 5.74) is 1.92. The number of amides is 1. The molecule has 1 aliphatic heterocycles. The topological polar surface area (TPSA) is 58.6 Å². The molecule has 0 radical (unpaired) electrons. The standard InChI is InChI=1S/C14H16N2O3/c1-3-6-16(7-8-19-2)10-4-5-11-12(9-10)15-14(18)13(11)17/h3-5,9H,1,6-8H2,2H3,(H,15,17,18). The average molecular weight is 260 g/mol. The number of carbonyl (C=O) groups excluding carboxylic acids is 2. The van der Waals surface area contributed by atoms with Crippen molar-refractivity contribution >= 4 is 23.1 Å². The van der Waals surface area contributed by atoms with Crippen molar-refractivity contribution in [2.24, 2.45) is 0 Å².